The number of amides is 2. The average molecular weight is 408 g/mol. The Kier molecular flexibility index (Phi) is 5.66. The second-order valence-electron chi connectivity index (χ2n) is 8.18. The van der Waals surface area contributed by atoms with Crippen molar-refractivity contribution in [3.63, 3.8) is 0 Å². The van der Waals surface area contributed by atoms with Crippen LogP contribution in [0.25, 0.3) is 0 Å². The first-order valence-corrected chi connectivity index (χ1v) is 10.4. The van der Waals surface area contributed by atoms with E-state index in [1.54, 1.807) is 19.1 Å². The van der Waals surface area contributed by atoms with Crippen LogP contribution >= 0.6 is 0 Å². The molecule has 4 rings (SSSR count). The van der Waals surface area contributed by atoms with Gasteiger partial charge in [-0.1, -0.05) is 23.8 Å². The van der Waals surface area contributed by atoms with Gasteiger partial charge < -0.3 is 19.7 Å². The van der Waals surface area contributed by atoms with Gasteiger partial charge in [0.1, 0.15) is 11.5 Å². The maximum Gasteiger partial charge on any atom is 0.253 e. The van der Waals surface area contributed by atoms with E-state index >= 15 is 0 Å². The number of hydrogen-bond acceptors (Lipinski definition) is 4. The summed E-state index contributed by atoms with van der Waals surface area (Å²) in [4.78, 5) is 28.0. The molecular formula is C24H28N2O4. The van der Waals surface area contributed by atoms with Gasteiger partial charge in [0.05, 0.1) is 20.1 Å². The first kappa shape index (κ1) is 20.3. The molecule has 30 heavy (non-hydrogen) atoms. The molecule has 1 saturated carbocycles. The van der Waals surface area contributed by atoms with Gasteiger partial charge in [-0.05, 0) is 38.0 Å². The molecule has 1 N–H and O–H groups in total. The van der Waals surface area contributed by atoms with Gasteiger partial charge in [-0.25, -0.2) is 0 Å². The van der Waals surface area contributed by atoms with Crippen molar-refractivity contribution in [2.45, 2.75) is 31.7 Å². The zero-order valence-electron chi connectivity index (χ0n) is 17.7. The Bertz CT molecular complexity index is 937. The van der Waals surface area contributed by atoms with Crippen molar-refractivity contribution in [1.29, 1.82) is 0 Å². The second-order valence-corrected chi connectivity index (χ2v) is 8.18. The summed E-state index contributed by atoms with van der Waals surface area (Å²) in [6, 6.07) is 13.5. The van der Waals surface area contributed by atoms with Gasteiger partial charge in [0, 0.05) is 42.2 Å². The number of methoxy groups -OCH3 is 2. The van der Waals surface area contributed by atoms with Crippen LogP contribution in [0, 0.1) is 12.8 Å². The number of nitrogens with one attached hydrogen (secondary N) is 1. The lowest BCUT2D eigenvalue weighted by atomic mass is 9.87. The summed E-state index contributed by atoms with van der Waals surface area (Å²) in [5.41, 5.74) is 2.67. The molecule has 0 radical (unpaired) electrons. The second kappa shape index (κ2) is 8.38. The summed E-state index contributed by atoms with van der Waals surface area (Å²) in [6.07, 6.45) is 2.06. The SMILES string of the molecule is COc1ccc(C2CN(C(=O)c3ccc(C)cc3)CC2C(=O)NC2CC2)c(OC)c1. The van der Waals surface area contributed by atoms with E-state index in [0.29, 0.717) is 30.2 Å². The quantitative estimate of drug-likeness (QED) is 0.797. The van der Waals surface area contributed by atoms with Crippen molar-refractivity contribution in [2.24, 2.45) is 5.92 Å². The topological polar surface area (TPSA) is 67.9 Å². The normalized spacial score (nSPS) is 20.7. The molecule has 2 aliphatic rings. The number of carbonyl (C=O) groups is 2. The van der Waals surface area contributed by atoms with Gasteiger partial charge in [0.15, 0.2) is 0 Å². The Balaban J connectivity index is 1.63. The van der Waals surface area contributed by atoms with E-state index in [2.05, 4.69) is 5.32 Å². The van der Waals surface area contributed by atoms with E-state index in [1.165, 1.54) is 0 Å². The molecule has 1 saturated heterocycles. The minimum absolute atomic E-state index is 0.0135. The number of hydrogen-bond donors (Lipinski definition) is 1. The molecule has 0 spiro atoms. The average Bonchev–Trinajstić information content (AvgIpc) is 3.47. The van der Waals surface area contributed by atoms with Crippen LogP contribution in [0.4, 0.5) is 0 Å². The van der Waals surface area contributed by atoms with Crippen molar-refractivity contribution in [2.75, 3.05) is 27.3 Å². The van der Waals surface area contributed by atoms with Crippen LogP contribution in [0.3, 0.4) is 0 Å². The molecule has 0 aromatic heterocycles. The number of benzene rings is 2. The lowest BCUT2D eigenvalue weighted by Gasteiger charge is -2.21. The zero-order chi connectivity index (χ0) is 21.3. The molecule has 2 aromatic carbocycles. The monoisotopic (exact) mass is 408 g/mol. The number of carbonyl (C=O) groups excluding carboxylic acids is 2. The summed E-state index contributed by atoms with van der Waals surface area (Å²) in [5.74, 6) is 0.878. The lowest BCUT2D eigenvalue weighted by molar-refractivity contribution is -0.125. The number of aryl methyl sites for hydroxylation is 1. The Morgan fingerprint density at radius 3 is 2.37 bits per heavy atom. The summed E-state index contributed by atoms with van der Waals surface area (Å²) in [6.45, 7) is 2.86. The largest absolute Gasteiger partial charge is 0.497 e. The number of likely N-dealkylation sites (tertiary alicyclic amines) is 1. The third-order valence-electron chi connectivity index (χ3n) is 6.01. The predicted octanol–water partition coefficient (Wildman–Crippen LogP) is 3.15. The summed E-state index contributed by atoms with van der Waals surface area (Å²) in [7, 11) is 3.22. The van der Waals surface area contributed by atoms with Crippen molar-refractivity contribution in [3.8, 4) is 11.5 Å². The summed E-state index contributed by atoms with van der Waals surface area (Å²) >= 11 is 0. The first-order valence-electron chi connectivity index (χ1n) is 10.4. The van der Waals surface area contributed by atoms with Crippen molar-refractivity contribution in [3.05, 3.63) is 59.2 Å². The Hall–Kier alpha value is -3.02. The molecule has 1 aliphatic carbocycles. The standard InChI is InChI=1S/C24H28N2O4/c1-15-4-6-16(7-5-15)24(28)26-13-20(21(14-26)23(27)25-17-8-9-17)19-11-10-18(29-2)12-22(19)30-3/h4-7,10-12,17,20-21H,8-9,13-14H2,1-3H3,(H,25,27). The molecule has 2 aromatic rings. The van der Waals surface area contributed by atoms with E-state index in [9.17, 15) is 9.59 Å². The molecule has 1 heterocycles. The Morgan fingerprint density at radius 2 is 1.73 bits per heavy atom. The van der Waals surface area contributed by atoms with E-state index < -0.39 is 0 Å². The lowest BCUT2D eigenvalue weighted by Crippen LogP contribution is -2.36. The number of nitrogens with zero attached hydrogens (tertiary/aromatic N) is 1. The molecule has 2 fully saturated rings. The highest BCUT2D eigenvalue weighted by atomic mass is 16.5. The van der Waals surface area contributed by atoms with Crippen molar-refractivity contribution < 1.29 is 19.1 Å². The van der Waals surface area contributed by atoms with Gasteiger partial charge >= 0.3 is 0 Å². The molecule has 1 aliphatic heterocycles. The minimum Gasteiger partial charge on any atom is -0.497 e. The maximum absolute atomic E-state index is 13.1. The van der Waals surface area contributed by atoms with Gasteiger partial charge in [0.25, 0.3) is 5.91 Å². The van der Waals surface area contributed by atoms with Crippen molar-refractivity contribution in [1.82, 2.24) is 10.2 Å². The molecule has 2 unspecified atom stereocenters. The maximum atomic E-state index is 13.1. The Morgan fingerprint density at radius 1 is 1.00 bits per heavy atom. The first-order chi connectivity index (χ1) is 14.5. The van der Waals surface area contributed by atoms with Crippen molar-refractivity contribution >= 4 is 11.8 Å². The predicted molar refractivity (Wildman–Crippen MR) is 114 cm³/mol. The van der Waals surface area contributed by atoms with E-state index in [0.717, 1.165) is 24.0 Å². The highest BCUT2D eigenvalue weighted by Gasteiger charge is 2.43. The Labute approximate surface area is 177 Å². The van der Waals surface area contributed by atoms with Gasteiger partial charge in [0.2, 0.25) is 5.91 Å². The number of rotatable bonds is 6. The van der Waals surface area contributed by atoms with E-state index in [-0.39, 0.29) is 29.7 Å². The van der Waals surface area contributed by atoms with Gasteiger partial charge in [-0.2, -0.15) is 0 Å². The molecule has 158 valence electrons. The van der Waals surface area contributed by atoms with E-state index in [1.807, 2.05) is 49.4 Å². The highest BCUT2D eigenvalue weighted by molar-refractivity contribution is 5.95. The minimum atomic E-state index is -0.317. The van der Waals surface area contributed by atoms with Crippen LogP contribution in [0.1, 0.15) is 40.2 Å². The fraction of sp³-hybridized carbons (Fsp3) is 0.417. The van der Waals surface area contributed by atoms with Gasteiger partial charge in [-0.3, -0.25) is 9.59 Å². The third-order valence-corrected chi connectivity index (χ3v) is 6.01. The van der Waals surface area contributed by atoms with E-state index in [4.69, 9.17) is 9.47 Å². The molecule has 6 heteroatoms. The van der Waals surface area contributed by atoms with Crippen LogP contribution in [-0.4, -0.2) is 50.1 Å². The molecular weight excluding hydrogens is 380 g/mol. The fourth-order valence-electron chi connectivity index (χ4n) is 4.09. The van der Waals surface area contributed by atoms with Crippen LogP contribution in [0.2, 0.25) is 0 Å². The van der Waals surface area contributed by atoms with Crippen LogP contribution in [-0.2, 0) is 4.79 Å². The summed E-state index contributed by atoms with van der Waals surface area (Å²) in [5, 5.41) is 3.12. The highest BCUT2D eigenvalue weighted by Crippen LogP contribution is 2.40. The van der Waals surface area contributed by atoms with Crippen LogP contribution < -0.4 is 14.8 Å². The smallest absolute Gasteiger partial charge is 0.253 e. The zero-order valence-corrected chi connectivity index (χ0v) is 17.7. The molecule has 2 amide bonds. The molecule has 2 atom stereocenters. The number of ether oxygens (including phenoxy) is 2. The molecule has 0 bridgehead atoms. The van der Waals surface area contributed by atoms with Crippen LogP contribution in [0.15, 0.2) is 42.5 Å². The van der Waals surface area contributed by atoms with Gasteiger partial charge in [-0.15, -0.1) is 0 Å². The third kappa shape index (κ3) is 4.13. The fourth-order valence-corrected chi connectivity index (χ4v) is 4.09. The van der Waals surface area contributed by atoms with Crippen LogP contribution in [0.5, 0.6) is 11.5 Å². The molecule has 6 nitrogen and oxygen atoms in total. The summed E-state index contributed by atoms with van der Waals surface area (Å²) < 4.78 is 10.9.